The summed E-state index contributed by atoms with van der Waals surface area (Å²) in [5, 5.41) is 0.584. The molecule has 1 aliphatic heterocycles. The largest absolute Gasteiger partial charge is 0.416 e. The molecule has 1 aromatic heterocycles. The molecule has 2 heterocycles. The van der Waals surface area contributed by atoms with Crippen LogP contribution < -0.4 is 10.6 Å². The van der Waals surface area contributed by atoms with Crippen LogP contribution in [-0.4, -0.2) is 42.6 Å². The summed E-state index contributed by atoms with van der Waals surface area (Å²) in [5.41, 5.74) is 9.12. The first-order valence-electron chi connectivity index (χ1n) is 10.3. The molecule has 164 valence electrons. The van der Waals surface area contributed by atoms with E-state index < -0.39 is 11.7 Å². The van der Waals surface area contributed by atoms with Gasteiger partial charge in [-0.05, 0) is 37.1 Å². The van der Waals surface area contributed by atoms with Crippen LogP contribution in [0, 0.1) is 6.92 Å². The van der Waals surface area contributed by atoms with Gasteiger partial charge >= 0.3 is 6.18 Å². The van der Waals surface area contributed by atoms with Crippen LogP contribution in [0.2, 0.25) is 0 Å². The van der Waals surface area contributed by atoms with E-state index in [2.05, 4.69) is 34.1 Å². The standard InChI is InChI=1S/C23H25F3N4S/c1-16-21(28-22(27)31-16)18-7-5-17(6-8-18)9-10-29-11-13-30(14-12-29)20-4-2-3-19(15-20)23(24,25)26/h2-8,15H,9-14H2,1H3,(H2,27,28). The lowest BCUT2D eigenvalue weighted by molar-refractivity contribution is -0.137. The number of aromatic nitrogens is 1. The maximum atomic E-state index is 13.0. The van der Waals surface area contributed by atoms with E-state index in [1.54, 1.807) is 6.07 Å². The number of anilines is 2. The Morgan fingerprint density at radius 3 is 2.35 bits per heavy atom. The summed E-state index contributed by atoms with van der Waals surface area (Å²) in [5.74, 6) is 0. The number of hydrogen-bond donors (Lipinski definition) is 1. The summed E-state index contributed by atoms with van der Waals surface area (Å²) in [4.78, 5) is 9.91. The van der Waals surface area contributed by atoms with Crippen molar-refractivity contribution in [3.63, 3.8) is 0 Å². The lowest BCUT2D eigenvalue weighted by atomic mass is 10.1. The number of hydrogen-bond acceptors (Lipinski definition) is 5. The molecular weight excluding hydrogens is 421 g/mol. The molecule has 1 saturated heterocycles. The zero-order valence-electron chi connectivity index (χ0n) is 17.3. The molecule has 0 atom stereocenters. The summed E-state index contributed by atoms with van der Waals surface area (Å²) in [6.45, 7) is 6.08. The molecule has 2 N–H and O–H groups in total. The summed E-state index contributed by atoms with van der Waals surface area (Å²) in [6.07, 6.45) is -3.37. The normalized spacial score (nSPS) is 15.4. The second kappa shape index (κ2) is 8.88. The Balaban J connectivity index is 1.29. The van der Waals surface area contributed by atoms with Gasteiger partial charge in [0.05, 0.1) is 11.3 Å². The van der Waals surface area contributed by atoms with Gasteiger partial charge in [0.25, 0.3) is 0 Å². The van der Waals surface area contributed by atoms with Gasteiger partial charge in [-0.2, -0.15) is 13.2 Å². The van der Waals surface area contributed by atoms with E-state index in [0.29, 0.717) is 10.8 Å². The van der Waals surface area contributed by atoms with Crippen LogP contribution in [0.15, 0.2) is 48.5 Å². The number of nitrogens with zero attached hydrogens (tertiary/aromatic N) is 3. The molecule has 0 unspecified atom stereocenters. The molecular formula is C23H25F3N4S. The van der Waals surface area contributed by atoms with Gasteiger partial charge in [0.2, 0.25) is 0 Å². The van der Waals surface area contributed by atoms with Crippen LogP contribution in [0.3, 0.4) is 0 Å². The van der Waals surface area contributed by atoms with E-state index in [-0.39, 0.29) is 0 Å². The first kappa shape index (κ1) is 21.6. The summed E-state index contributed by atoms with van der Waals surface area (Å²) < 4.78 is 38.9. The molecule has 31 heavy (non-hydrogen) atoms. The number of piperazine rings is 1. The summed E-state index contributed by atoms with van der Waals surface area (Å²) >= 11 is 1.50. The number of alkyl halides is 3. The first-order valence-corrected chi connectivity index (χ1v) is 11.1. The molecule has 0 spiro atoms. The Kier molecular flexibility index (Phi) is 6.20. The summed E-state index contributed by atoms with van der Waals surface area (Å²) in [7, 11) is 0. The Morgan fingerprint density at radius 1 is 1.03 bits per heavy atom. The lowest BCUT2D eigenvalue weighted by Gasteiger charge is -2.36. The molecule has 4 nitrogen and oxygen atoms in total. The molecule has 4 rings (SSSR count). The van der Waals surface area contributed by atoms with Gasteiger partial charge in [-0.25, -0.2) is 4.98 Å². The third kappa shape index (κ3) is 5.19. The van der Waals surface area contributed by atoms with Crippen molar-refractivity contribution in [2.45, 2.75) is 19.5 Å². The topological polar surface area (TPSA) is 45.4 Å². The third-order valence-corrected chi connectivity index (χ3v) is 6.47. The van der Waals surface area contributed by atoms with E-state index in [9.17, 15) is 13.2 Å². The quantitative estimate of drug-likeness (QED) is 0.593. The fraction of sp³-hybridized carbons (Fsp3) is 0.348. The van der Waals surface area contributed by atoms with Crippen LogP contribution >= 0.6 is 11.3 Å². The van der Waals surface area contributed by atoms with Gasteiger partial charge in [-0.15, -0.1) is 11.3 Å². The number of aryl methyl sites for hydroxylation is 1. The van der Waals surface area contributed by atoms with Crippen LogP contribution in [0.1, 0.15) is 16.0 Å². The van der Waals surface area contributed by atoms with Crippen molar-refractivity contribution < 1.29 is 13.2 Å². The van der Waals surface area contributed by atoms with Crippen molar-refractivity contribution in [1.82, 2.24) is 9.88 Å². The second-order valence-corrected chi connectivity index (χ2v) is 9.02. The van der Waals surface area contributed by atoms with Crippen molar-refractivity contribution in [2.75, 3.05) is 43.4 Å². The van der Waals surface area contributed by atoms with Gasteiger partial charge in [-0.3, -0.25) is 4.90 Å². The first-order chi connectivity index (χ1) is 14.8. The predicted octanol–water partition coefficient (Wildman–Crippen LogP) is 5.08. The van der Waals surface area contributed by atoms with E-state index >= 15 is 0 Å². The van der Waals surface area contributed by atoms with Crippen LogP contribution in [0.4, 0.5) is 24.0 Å². The highest BCUT2D eigenvalue weighted by atomic mass is 32.1. The van der Waals surface area contributed by atoms with Crippen molar-refractivity contribution >= 4 is 22.2 Å². The van der Waals surface area contributed by atoms with Gasteiger partial charge in [0, 0.05) is 48.9 Å². The number of rotatable bonds is 5. The van der Waals surface area contributed by atoms with Crippen LogP contribution in [0.5, 0.6) is 0 Å². The highest BCUT2D eigenvalue weighted by molar-refractivity contribution is 7.15. The van der Waals surface area contributed by atoms with Crippen LogP contribution in [-0.2, 0) is 12.6 Å². The zero-order valence-corrected chi connectivity index (χ0v) is 18.1. The Labute approximate surface area is 184 Å². The predicted molar refractivity (Wildman–Crippen MR) is 121 cm³/mol. The number of thiazole rings is 1. The maximum Gasteiger partial charge on any atom is 0.416 e. The SMILES string of the molecule is Cc1sc(N)nc1-c1ccc(CCN2CCN(c3cccc(C(F)(F)F)c3)CC2)cc1. The van der Waals surface area contributed by atoms with Gasteiger partial charge in [0.1, 0.15) is 0 Å². The third-order valence-electron chi connectivity index (χ3n) is 5.67. The fourth-order valence-electron chi connectivity index (χ4n) is 3.91. The summed E-state index contributed by atoms with van der Waals surface area (Å²) in [6, 6.07) is 14.0. The van der Waals surface area contributed by atoms with Crippen molar-refractivity contribution in [2.24, 2.45) is 0 Å². The minimum Gasteiger partial charge on any atom is -0.375 e. The molecule has 1 aliphatic rings. The smallest absolute Gasteiger partial charge is 0.375 e. The number of nitrogens with two attached hydrogens (primary N) is 1. The minimum atomic E-state index is -4.31. The lowest BCUT2D eigenvalue weighted by Crippen LogP contribution is -2.47. The van der Waals surface area contributed by atoms with E-state index in [1.165, 1.54) is 29.0 Å². The number of nitrogen functional groups attached to an aromatic ring is 1. The highest BCUT2D eigenvalue weighted by Gasteiger charge is 2.31. The van der Waals surface area contributed by atoms with Gasteiger partial charge < -0.3 is 10.6 Å². The molecule has 0 radical (unpaired) electrons. The van der Waals surface area contributed by atoms with Crippen molar-refractivity contribution in [3.8, 4) is 11.3 Å². The Bertz CT molecular complexity index is 1020. The average molecular weight is 447 g/mol. The molecule has 0 bridgehead atoms. The van der Waals surface area contributed by atoms with E-state index in [0.717, 1.165) is 61.3 Å². The number of benzene rings is 2. The molecule has 8 heteroatoms. The monoisotopic (exact) mass is 446 g/mol. The van der Waals surface area contributed by atoms with E-state index in [4.69, 9.17) is 5.73 Å². The molecule has 1 fully saturated rings. The fourth-order valence-corrected chi connectivity index (χ4v) is 4.62. The number of halogens is 3. The average Bonchev–Trinajstić information content (AvgIpc) is 3.10. The Morgan fingerprint density at radius 2 is 1.74 bits per heavy atom. The van der Waals surface area contributed by atoms with Crippen LogP contribution in [0.25, 0.3) is 11.3 Å². The molecule has 3 aromatic rings. The van der Waals surface area contributed by atoms with Gasteiger partial charge in [0.15, 0.2) is 5.13 Å². The second-order valence-electron chi connectivity index (χ2n) is 7.78. The molecule has 0 amide bonds. The molecule has 0 aliphatic carbocycles. The highest BCUT2D eigenvalue weighted by Crippen LogP contribution is 2.32. The maximum absolute atomic E-state index is 13.0. The van der Waals surface area contributed by atoms with E-state index in [1.807, 2.05) is 11.8 Å². The molecule has 2 aromatic carbocycles. The van der Waals surface area contributed by atoms with Crippen molar-refractivity contribution in [1.29, 1.82) is 0 Å². The van der Waals surface area contributed by atoms with Crippen molar-refractivity contribution in [3.05, 3.63) is 64.5 Å². The Hall–Kier alpha value is -2.58. The zero-order chi connectivity index (χ0) is 22.0. The van der Waals surface area contributed by atoms with Gasteiger partial charge in [-0.1, -0.05) is 30.3 Å². The minimum absolute atomic E-state index is 0.584. The molecule has 0 saturated carbocycles.